The highest BCUT2D eigenvalue weighted by atomic mass is 16.1. The molecule has 1 aliphatic carbocycles. The Morgan fingerprint density at radius 3 is 3.00 bits per heavy atom. The first-order valence-electron chi connectivity index (χ1n) is 4.90. The van der Waals surface area contributed by atoms with Gasteiger partial charge in [-0.1, -0.05) is 18.2 Å². The molecule has 0 radical (unpaired) electrons. The van der Waals surface area contributed by atoms with Crippen LogP contribution in [0.2, 0.25) is 0 Å². The van der Waals surface area contributed by atoms with E-state index >= 15 is 0 Å². The molecule has 0 saturated carbocycles. The monoisotopic (exact) mass is 199 g/mol. The summed E-state index contributed by atoms with van der Waals surface area (Å²) in [5.74, 6) is 0. The molecule has 4 heteroatoms. The molecule has 0 bridgehead atoms. The quantitative estimate of drug-likeness (QED) is 0.632. The number of aromatic amines is 1. The minimum atomic E-state index is -0.394. The molecule has 0 unspecified atom stereocenters. The third kappa shape index (κ3) is 1.26. The molecule has 0 spiro atoms. The van der Waals surface area contributed by atoms with Crippen molar-refractivity contribution in [1.29, 1.82) is 0 Å². The maximum absolute atomic E-state index is 11.1. The molecule has 1 aromatic carbocycles. The Morgan fingerprint density at radius 1 is 1.20 bits per heavy atom. The predicted molar refractivity (Wildman–Crippen MR) is 57.6 cm³/mol. The zero-order chi connectivity index (χ0) is 10.3. The Balaban J connectivity index is 2.62. The molecule has 2 aromatic rings. The molecule has 0 aliphatic heterocycles. The third-order valence-corrected chi connectivity index (χ3v) is 2.59. The third-order valence-electron chi connectivity index (χ3n) is 2.59. The van der Waals surface area contributed by atoms with Gasteiger partial charge in [-0.15, -0.1) is 0 Å². The van der Waals surface area contributed by atoms with Crippen molar-refractivity contribution in [3.05, 3.63) is 33.1 Å². The highest BCUT2D eigenvalue weighted by Crippen LogP contribution is 2.00. The van der Waals surface area contributed by atoms with Gasteiger partial charge in [0.2, 0.25) is 0 Å². The van der Waals surface area contributed by atoms with Crippen molar-refractivity contribution in [2.75, 3.05) is 0 Å². The molecule has 1 aromatic heterocycles. The summed E-state index contributed by atoms with van der Waals surface area (Å²) in [6.07, 6.45) is 6.33. The number of H-pyrrole nitrogens is 1. The van der Waals surface area contributed by atoms with Crippen LogP contribution in [-0.2, 0) is 0 Å². The lowest BCUT2D eigenvalue weighted by molar-refractivity contribution is 0.957. The van der Waals surface area contributed by atoms with E-state index in [-0.39, 0.29) is 0 Å². The summed E-state index contributed by atoms with van der Waals surface area (Å²) in [4.78, 5) is 15.1. The molecule has 15 heavy (non-hydrogen) atoms. The first-order valence-corrected chi connectivity index (χ1v) is 4.90. The number of rotatable bonds is 0. The molecule has 74 valence electrons. The second-order valence-corrected chi connectivity index (χ2v) is 3.56. The van der Waals surface area contributed by atoms with E-state index in [0.717, 1.165) is 28.8 Å². The van der Waals surface area contributed by atoms with Crippen LogP contribution in [0.1, 0.15) is 12.8 Å². The van der Waals surface area contributed by atoms with E-state index in [9.17, 15) is 4.79 Å². The van der Waals surface area contributed by atoms with Crippen LogP contribution >= 0.6 is 0 Å². The van der Waals surface area contributed by atoms with Crippen LogP contribution in [0.25, 0.3) is 23.2 Å². The largest absolute Gasteiger partial charge is 0.361 e. The van der Waals surface area contributed by atoms with E-state index in [2.05, 4.69) is 27.3 Å². The zero-order valence-corrected chi connectivity index (χ0v) is 8.03. The highest BCUT2D eigenvalue weighted by Gasteiger charge is 2.02. The van der Waals surface area contributed by atoms with Gasteiger partial charge in [-0.3, -0.25) is 0 Å². The Morgan fingerprint density at radius 2 is 2.07 bits per heavy atom. The Labute approximate surface area is 85.0 Å². The molecular formula is C11H9N3O. The van der Waals surface area contributed by atoms with Gasteiger partial charge in [-0.05, 0) is 24.1 Å². The predicted octanol–water partition coefficient (Wildman–Crippen LogP) is -0.327. The molecule has 0 atom stereocenters. The normalized spacial score (nSPS) is 14.1. The number of hydrogen-bond acceptors (Lipinski definition) is 3. The summed E-state index contributed by atoms with van der Waals surface area (Å²) in [6.45, 7) is 0. The number of aromatic nitrogens is 3. The summed E-state index contributed by atoms with van der Waals surface area (Å²) in [5, 5.41) is 8.48. The van der Waals surface area contributed by atoms with Gasteiger partial charge >= 0.3 is 5.69 Å². The van der Waals surface area contributed by atoms with Crippen molar-refractivity contribution in [3.63, 3.8) is 0 Å². The van der Waals surface area contributed by atoms with Crippen LogP contribution in [0.15, 0.2) is 16.9 Å². The second-order valence-electron chi connectivity index (χ2n) is 3.56. The first-order chi connectivity index (χ1) is 7.34. The highest BCUT2D eigenvalue weighted by molar-refractivity contribution is 5.75. The summed E-state index contributed by atoms with van der Waals surface area (Å²) in [5.41, 5.74) is 1.04. The van der Waals surface area contributed by atoms with Crippen molar-refractivity contribution in [2.45, 2.75) is 12.8 Å². The van der Waals surface area contributed by atoms with Crippen molar-refractivity contribution < 1.29 is 0 Å². The van der Waals surface area contributed by atoms with Crippen LogP contribution in [0.5, 0.6) is 0 Å². The SMILES string of the molecule is O=c1nc2c3c(ccc2n[nH]1)=CCCC=3. The van der Waals surface area contributed by atoms with Gasteiger partial charge in [0.25, 0.3) is 0 Å². The fourth-order valence-electron chi connectivity index (χ4n) is 1.91. The van der Waals surface area contributed by atoms with Gasteiger partial charge in [0.15, 0.2) is 0 Å². The lowest BCUT2D eigenvalue weighted by Crippen LogP contribution is -2.30. The van der Waals surface area contributed by atoms with Gasteiger partial charge in [0, 0.05) is 5.22 Å². The Kier molecular flexibility index (Phi) is 1.68. The van der Waals surface area contributed by atoms with E-state index in [4.69, 9.17) is 0 Å². The molecule has 1 heterocycles. The van der Waals surface area contributed by atoms with Crippen molar-refractivity contribution >= 4 is 23.2 Å². The maximum Gasteiger partial charge on any atom is 0.361 e. The summed E-state index contributed by atoms with van der Waals surface area (Å²) in [7, 11) is 0. The van der Waals surface area contributed by atoms with Gasteiger partial charge < -0.3 is 0 Å². The molecule has 3 rings (SSSR count). The van der Waals surface area contributed by atoms with Crippen LogP contribution in [0.3, 0.4) is 0 Å². The number of fused-ring (bicyclic) bond motifs is 3. The number of nitrogens with one attached hydrogen (secondary N) is 1. The van der Waals surface area contributed by atoms with Crippen molar-refractivity contribution in [3.8, 4) is 0 Å². The number of hydrogen-bond donors (Lipinski definition) is 1. The van der Waals surface area contributed by atoms with Gasteiger partial charge in [-0.25, -0.2) is 9.89 Å². The molecular weight excluding hydrogens is 190 g/mol. The molecule has 0 saturated heterocycles. The van der Waals surface area contributed by atoms with Crippen LogP contribution in [0, 0.1) is 0 Å². The second kappa shape index (κ2) is 3.02. The topological polar surface area (TPSA) is 58.6 Å². The number of benzene rings is 1. The maximum atomic E-state index is 11.1. The summed E-state index contributed by atoms with van der Waals surface area (Å²) < 4.78 is 0. The lowest BCUT2D eigenvalue weighted by Gasteiger charge is -2.01. The molecule has 4 nitrogen and oxygen atoms in total. The van der Waals surface area contributed by atoms with E-state index in [1.807, 2.05) is 12.1 Å². The number of nitrogens with zero attached hydrogens (tertiary/aromatic N) is 2. The van der Waals surface area contributed by atoms with Gasteiger partial charge in [0.05, 0.1) is 0 Å². The van der Waals surface area contributed by atoms with Crippen LogP contribution < -0.4 is 16.1 Å². The fourth-order valence-corrected chi connectivity index (χ4v) is 1.91. The zero-order valence-electron chi connectivity index (χ0n) is 8.03. The van der Waals surface area contributed by atoms with E-state index in [0.29, 0.717) is 5.52 Å². The molecule has 0 amide bonds. The smallest absolute Gasteiger partial charge is 0.244 e. The van der Waals surface area contributed by atoms with E-state index in [1.165, 1.54) is 0 Å². The summed E-state index contributed by atoms with van der Waals surface area (Å²) >= 11 is 0. The fraction of sp³-hybridized carbons (Fsp3) is 0.182. The average molecular weight is 199 g/mol. The summed E-state index contributed by atoms with van der Waals surface area (Å²) in [6, 6.07) is 3.90. The van der Waals surface area contributed by atoms with Crippen LogP contribution in [0.4, 0.5) is 0 Å². The molecule has 1 N–H and O–H groups in total. The Bertz CT molecular complexity index is 700. The van der Waals surface area contributed by atoms with Crippen LogP contribution in [-0.4, -0.2) is 15.2 Å². The van der Waals surface area contributed by atoms with E-state index in [1.54, 1.807) is 0 Å². The lowest BCUT2D eigenvalue weighted by atomic mass is 10.1. The van der Waals surface area contributed by atoms with Gasteiger partial charge in [-0.2, -0.15) is 10.1 Å². The van der Waals surface area contributed by atoms with Crippen molar-refractivity contribution in [1.82, 2.24) is 15.2 Å². The molecule has 0 fully saturated rings. The Hall–Kier alpha value is -1.97. The minimum absolute atomic E-state index is 0.394. The minimum Gasteiger partial charge on any atom is -0.244 e. The average Bonchev–Trinajstić information content (AvgIpc) is 2.29. The standard InChI is InChI=1S/C11H9N3O/c15-11-12-10-8-4-2-1-3-7(8)5-6-9(10)13-14-11/h3-6H,1-2H2,(H,12,14,15). The first kappa shape index (κ1) is 8.35. The van der Waals surface area contributed by atoms with E-state index < -0.39 is 5.69 Å². The van der Waals surface area contributed by atoms with Gasteiger partial charge in [0.1, 0.15) is 11.0 Å². The molecule has 1 aliphatic rings. The van der Waals surface area contributed by atoms with Crippen molar-refractivity contribution in [2.24, 2.45) is 0 Å².